The lowest BCUT2D eigenvalue weighted by molar-refractivity contribution is -0.119. The number of amides is 2. The van der Waals surface area contributed by atoms with Gasteiger partial charge in [0.2, 0.25) is 15.9 Å². The predicted molar refractivity (Wildman–Crippen MR) is 108 cm³/mol. The number of anilines is 2. The molecule has 2 aromatic rings. The zero-order valence-corrected chi connectivity index (χ0v) is 16.8. The highest BCUT2D eigenvalue weighted by Crippen LogP contribution is 2.35. The summed E-state index contributed by atoms with van der Waals surface area (Å²) in [5.74, 6) is 0.00861. The maximum absolute atomic E-state index is 12.7. The van der Waals surface area contributed by atoms with Gasteiger partial charge >= 0.3 is 0 Å². The molecular weight excluding hydrogens is 418 g/mol. The van der Waals surface area contributed by atoms with Gasteiger partial charge in [0, 0.05) is 31.3 Å². The van der Waals surface area contributed by atoms with Gasteiger partial charge in [-0.3, -0.25) is 9.59 Å². The molecule has 0 radical (unpaired) electrons. The monoisotopic (exact) mass is 435 g/mol. The second kappa shape index (κ2) is 7.66. The molecule has 0 atom stereocenters. The highest BCUT2D eigenvalue weighted by Gasteiger charge is 2.25. The van der Waals surface area contributed by atoms with Gasteiger partial charge in [-0.05, 0) is 30.2 Å². The molecule has 2 N–H and O–H groups in total. The lowest BCUT2D eigenvalue weighted by Gasteiger charge is -2.19. The number of halogens is 1. The number of nitrogens with zero attached hydrogens (tertiary/aromatic N) is 1. The minimum atomic E-state index is -3.91. The maximum Gasteiger partial charge on any atom is 0.262 e. The van der Waals surface area contributed by atoms with Crippen molar-refractivity contribution >= 4 is 44.8 Å². The minimum absolute atomic E-state index is 0.0232. The summed E-state index contributed by atoms with van der Waals surface area (Å²) in [5.41, 5.74) is 1.87. The smallest absolute Gasteiger partial charge is 0.262 e. The molecule has 29 heavy (non-hydrogen) atoms. The van der Waals surface area contributed by atoms with Crippen LogP contribution in [0.2, 0.25) is 5.02 Å². The Balaban J connectivity index is 1.48. The summed E-state index contributed by atoms with van der Waals surface area (Å²) in [6, 6.07) is 9.80. The summed E-state index contributed by atoms with van der Waals surface area (Å²) in [4.78, 5) is 24.8. The zero-order valence-electron chi connectivity index (χ0n) is 15.3. The minimum Gasteiger partial charge on any atom is -0.482 e. The van der Waals surface area contributed by atoms with Crippen molar-refractivity contribution < 1.29 is 22.7 Å². The number of sulfonamides is 1. The number of carbonyl (C=O) groups is 2. The van der Waals surface area contributed by atoms with Gasteiger partial charge in [-0.25, -0.2) is 13.1 Å². The van der Waals surface area contributed by atoms with Crippen LogP contribution in [0.4, 0.5) is 11.4 Å². The molecule has 0 unspecified atom stereocenters. The Morgan fingerprint density at radius 3 is 2.62 bits per heavy atom. The normalized spacial score (nSPS) is 16.4. The second-order valence-corrected chi connectivity index (χ2v) is 8.90. The van der Waals surface area contributed by atoms with E-state index in [-0.39, 0.29) is 40.6 Å². The molecule has 0 spiro atoms. The third-order valence-corrected chi connectivity index (χ3v) is 6.61. The Labute approximate surface area is 172 Å². The first-order chi connectivity index (χ1) is 13.8. The van der Waals surface area contributed by atoms with Crippen LogP contribution in [-0.2, 0) is 26.2 Å². The molecular formula is C19H18ClN3O5S. The molecule has 4 rings (SSSR count). The number of carbonyl (C=O) groups excluding carboxylic acids is 2. The van der Waals surface area contributed by atoms with Crippen LogP contribution in [0.1, 0.15) is 18.4 Å². The highest BCUT2D eigenvalue weighted by atomic mass is 35.5. The first-order valence-corrected chi connectivity index (χ1v) is 10.8. The lowest BCUT2D eigenvalue weighted by Crippen LogP contribution is -2.27. The van der Waals surface area contributed by atoms with E-state index in [2.05, 4.69) is 10.0 Å². The summed E-state index contributed by atoms with van der Waals surface area (Å²) in [6.07, 6.45) is 1.39. The van der Waals surface area contributed by atoms with E-state index in [1.807, 2.05) is 0 Å². The lowest BCUT2D eigenvalue weighted by atomic mass is 10.2. The summed E-state index contributed by atoms with van der Waals surface area (Å²) in [7, 11) is -3.91. The SMILES string of the molecule is O=C1COc2cc(S(=O)(=O)NCc3ccc(N4CCCC4=O)cc3)c(Cl)cc2N1. The Kier molecular flexibility index (Phi) is 5.20. The fraction of sp³-hybridized carbons (Fsp3) is 0.263. The van der Waals surface area contributed by atoms with Crippen molar-refractivity contribution in [1.82, 2.24) is 4.72 Å². The average Bonchev–Trinajstić information content (AvgIpc) is 3.12. The number of rotatable bonds is 5. The molecule has 152 valence electrons. The molecule has 2 aromatic carbocycles. The molecule has 10 heteroatoms. The topological polar surface area (TPSA) is 105 Å². The van der Waals surface area contributed by atoms with E-state index in [9.17, 15) is 18.0 Å². The van der Waals surface area contributed by atoms with Crippen LogP contribution < -0.4 is 19.7 Å². The predicted octanol–water partition coefficient (Wildman–Crippen LogP) is 2.28. The number of fused-ring (bicyclic) bond motifs is 1. The van der Waals surface area contributed by atoms with Crippen molar-refractivity contribution in [2.75, 3.05) is 23.4 Å². The fourth-order valence-electron chi connectivity index (χ4n) is 3.26. The molecule has 2 aliphatic heterocycles. The van der Waals surface area contributed by atoms with Gasteiger partial charge in [0.15, 0.2) is 6.61 Å². The van der Waals surface area contributed by atoms with E-state index in [4.69, 9.17) is 16.3 Å². The number of ether oxygens (including phenoxy) is 1. The first-order valence-electron chi connectivity index (χ1n) is 8.99. The summed E-state index contributed by atoms with van der Waals surface area (Å²) < 4.78 is 33.2. The van der Waals surface area contributed by atoms with Crippen molar-refractivity contribution in [2.45, 2.75) is 24.3 Å². The molecule has 0 bridgehead atoms. The van der Waals surface area contributed by atoms with Crippen molar-refractivity contribution in [1.29, 1.82) is 0 Å². The Hall–Kier alpha value is -2.62. The number of benzene rings is 2. The molecule has 1 saturated heterocycles. The number of nitrogens with one attached hydrogen (secondary N) is 2. The Morgan fingerprint density at radius 2 is 1.93 bits per heavy atom. The first kappa shape index (κ1) is 19.7. The van der Waals surface area contributed by atoms with Gasteiger partial charge in [0.05, 0.1) is 10.7 Å². The van der Waals surface area contributed by atoms with Crippen LogP contribution in [0.25, 0.3) is 0 Å². The third-order valence-electron chi connectivity index (χ3n) is 4.74. The number of hydrogen-bond donors (Lipinski definition) is 2. The second-order valence-electron chi connectivity index (χ2n) is 6.76. The van der Waals surface area contributed by atoms with Crippen molar-refractivity contribution in [3.63, 3.8) is 0 Å². The van der Waals surface area contributed by atoms with E-state index in [0.29, 0.717) is 18.7 Å². The van der Waals surface area contributed by atoms with Crippen molar-refractivity contribution in [2.24, 2.45) is 0 Å². The largest absolute Gasteiger partial charge is 0.482 e. The molecule has 0 aromatic heterocycles. The van der Waals surface area contributed by atoms with Gasteiger partial charge in [0.1, 0.15) is 10.6 Å². The van der Waals surface area contributed by atoms with Gasteiger partial charge in [-0.2, -0.15) is 0 Å². The summed E-state index contributed by atoms with van der Waals surface area (Å²) in [5, 5.41) is 2.55. The Bertz CT molecular complexity index is 1090. The molecule has 2 aliphatic rings. The van der Waals surface area contributed by atoms with Crippen molar-refractivity contribution in [3.8, 4) is 5.75 Å². The van der Waals surface area contributed by atoms with E-state index in [1.165, 1.54) is 12.1 Å². The third kappa shape index (κ3) is 4.07. The standard InChI is InChI=1S/C19H18ClN3O5S/c20-14-8-15-16(28-11-18(24)22-15)9-17(14)29(26,27)21-10-12-3-5-13(6-4-12)23-7-1-2-19(23)25/h3-6,8-9,21H,1-2,7,10-11H2,(H,22,24). The fourth-order valence-corrected chi connectivity index (χ4v) is 4.82. The van der Waals surface area contributed by atoms with Crippen LogP contribution in [0.3, 0.4) is 0 Å². The quantitative estimate of drug-likeness (QED) is 0.749. The van der Waals surface area contributed by atoms with Gasteiger partial charge in [-0.15, -0.1) is 0 Å². The van der Waals surface area contributed by atoms with Crippen LogP contribution >= 0.6 is 11.6 Å². The summed E-state index contributed by atoms with van der Waals surface area (Å²) in [6.45, 7) is 0.569. The number of hydrogen-bond acceptors (Lipinski definition) is 5. The van der Waals surface area contributed by atoms with E-state index >= 15 is 0 Å². The van der Waals surface area contributed by atoms with E-state index in [0.717, 1.165) is 17.7 Å². The summed E-state index contributed by atoms with van der Waals surface area (Å²) >= 11 is 6.12. The van der Waals surface area contributed by atoms with Crippen LogP contribution in [0.15, 0.2) is 41.3 Å². The molecule has 8 nitrogen and oxygen atoms in total. The molecule has 2 heterocycles. The van der Waals surface area contributed by atoms with Gasteiger partial charge in [-0.1, -0.05) is 23.7 Å². The van der Waals surface area contributed by atoms with Crippen molar-refractivity contribution in [3.05, 3.63) is 47.0 Å². The average molecular weight is 436 g/mol. The Morgan fingerprint density at radius 1 is 1.17 bits per heavy atom. The van der Waals surface area contributed by atoms with Crippen LogP contribution in [-0.4, -0.2) is 33.4 Å². The van der Waals surface area contributed by atoms with Crippen LogP contribution in [0.5, 0.6) is 5.75 Å². The van der Waals surface area contributed by atoms with E-state index in [1.54, 1.807) is 29.2 Å². The molecule has 1 fully saturated rings. The molecule has 2 amide bonds. The van der Waals surface area contributed by atoms with E-state index < -0.39 is 10.0 Å². The molecule has 0 saturated carbocycles. The van der Waals surface area contributed by atoms with Gasteiger partial charge in [0.25, 0.3) is 5.91 Å². The highest BCUT2D eigenvalue weighted by molar-refractivity contribution is 7.89. The molecule has 0 aliphatic carbocycles. The zero-order chi connectivity index (χ0) is 20.6. The maximum atomic E-state index is 12.7. The van der Waals surface area contributed by atoms with Crippen LogP contribution in [0, 0.1) is 0 Å². The van der Waals surface area contributed by atoms with Gasteiger partial charge < -0.3 is 15.0 Å².